The lowest BCUT2D eigenvalue weighted by Gasteiger charge is -2.09. The van der Waals surface area contributed by atoms with E-state index in [9.17, 15) is 9.59 Å². The van der Waals surface area contributed by atoms with Crippen molar-refractivity contribution in [2.45, 2.75) is 45.6 Å². The van der Waals surface area contributed by atoms with Crippen LogP contribution >= 0.6 is 0 Å². The minimum absolute atomic E-state index is 0. The number of halogens is 1. The van der Waals surface area contributed by atoms with E-state index in [0.717, 1.165) is 19.3 Å². The van der Waals surface area contributed by atoms with Gasteiger partial charge in [0.15, 0.2) is 23.9 Å². The molecule has 0 spiro atoms. The second-order valence-electron chi connectivity index (χ2n) is 6.16. The largest absolute Gasteiger partial charge is 1.00 e. The Morgan fingerprint density at radius 2 is 1.89 bits per heavy atom. The molecule has 0 fully saturated rings. The Morgan fingerprint density at radius 3 is 2.59 bits per heavy atom. The molecule has 0 bridgehead atoms. The molecule has 0 atom stereocenters. The molecule has 0 saturated heterocycles. The van der Waals surface area contributed by atoms with Gasteiger partial charge in [-0.3, -0.25) is 4.79 Å². The monoisotopic (exact) mass is 391 g/mol. The van der Waals surface area contributed by atoms with Gasteiger partial charge in [-0.2, -0.15) is 0 Å². The summed E-state index contributed by atoms with van der Waals surface area (Å²) in [5, 5.41) is 0. The van der Waals surface area contributed by atoms with Crippen molar-refractivity contribution < 1.29 is 36.0 Å². The van der Waals surface area contributed by atoms with Crippen LogP contribution in [0.2, 0.25) is 0 Å². The van der Waals surface area contributed by atoms with Crippen LogP contribution in [0.4, 0.5) is 0 Å². The summed E-state index contributed by atoms with van der Waals surface area (Å²) < 4.78 is 12.6. The quantitative estimate of drug-likeness (QED) is 0.199. The highest BCUT2D eigenvalue weighted by Crippen LogP contribution is 2.28. The van der Waals surface area contributed by atoms with E-state index in [1.54, 1.807) is 24.4 Å². The van der Waals surface area contributed by atoms with Crippen LogP contribution in [0.1, 0.15) is 59.7 Å². The molecule has 0 N–H and O–H groups in total. The van der Waals surface area contributed by atoms with E-state index in [0.29, 0.717) is 16.9 Å². The number of aromatic nitrogens is 1. The molecule has 2 aromatic rings. The second-order valence-corrected chi connectivity index (χ2v) is 6.16. The minimum atomic E-state index is -0.456. The molecule has 27 heavy (non-hydrogen) atoms. The Kier molecular flexibility index (Phi) is 10.1. The number of ether oxygens (including phenoxy) is 2. The lowest BCUT2D eigenvalue weighted by Crippen LogP contribution is -3.00. The van der Waals surface area contributed by atoms with E-state index in [-0.39, 0.29) is 18.2 Å². The number of hydrogen-bond acceptors (Lipinski definition) is 4. The molecule has 0 unspecified atom stereocenters. The average Bonchev–Trinajstić information content (AvgIpc) is 2.68. The predicted octanol–water partition coefficient (Wildman–Crippen LogP) is 0.989. The van der Waals surface area contributed by atoms with Crippen molar-refractivity contribution in [1.82, 2.24) is 0 Å². The molecule has 0 radical (unpaired) electrons. The number of unbranched alkanes of at least 4 members (excludes halogenated alkanes) is 4. The topological polar surface area (TPSA) is 56.5 Å². The van der Waals surface area contributed by atoms with E-state index in [2.05, 4.69) is 6.92 Å². The summed E-state index contributed by atoms with van der Waals surface area (Å²) in [4.78, 5) is 23.3. The molecule has 5 nitrogen and oxygen atoms in total. The molecule has 1 aromatic heterocycles. The maximum atomic E-state index is 12.4. The third-order valence-corrected chi connectivity index (χ3v) is 4.14. The van der Waals surface area contributed by atoms with Crippen LogP contribution in [0.15, 0.2) is 42.7 Å². The highest BCUT2D eigenvalue weighted by atomic mass is 35.5. The summed E-state index contributed by atoms with van der Waals surface area (Å²) in [6, 6.07) is 8.25. The van der Waals surface area contributed by atoms with Gasteiger partial charge in [-0.25, -0.2) is 9.36 Å². The van der Waals surface area contributed by atoms with Crippen LogP contribution < -0.4 is 26.4 Å². The smallest absolute Gasteiger partial charge is 0.349 e. The van der Waals surface area contributed by atoms with E-state index in [1.807, 2.05) is 16.8 Å². The van der Waals surface area contributed by atoms with Crippen molar-refractivity contribution in [2.24, 2.45) is 0 Å². The van der Waals surface area contributed by atoms with Crippen LogP contribution in [-0.4, -0.2) is 19.4 Å². The summed E-state index contributed by atoms with van der Waals surface area (Å²) in [6.07, 6.45) is 10.5. The SMILES string of the molecule is CCCCCCC[n+]1cccc(C(=O)Oc2ccc(C=O)cc2OC)c1.[Cl-]. The standard InChI is InChI=1S/C21H26NO4.ClH/c1-3-4-5-6-7-12-22-13-8-9-18(15-22)21(24)26-19-11-10-17(16-23)14-20(19)25-2;/h8-11,13-16H,3-7,12H2,1-2H3;1H/q+1;/p-1. The van der Waals surface area contributed by atoms with Gasteiger partial charge in [0.25, 0.3) is 0 Å². The fourth-order valence-electron chi connectivity index (χ4n) is 2.68. The van der Waals surface area contributed by atoms with Gasteiger partial charge in [0.2, 0.25) is 0 Å². The van der Waals surface area contributed by atoms with E-state index in [4.69, 9.17) is 9.47 Å². The Balaban J connectivity index is 0.00000364. The fraction of sp³-hybridized carbons (Fsp3) is 0.381. The Morgan fingerprint density at radius 1 is 1.11 bits per heavy atom. The maximum absolute atomic E-state index is 12.4. The molecule has 0 saturated carbocycles. The third-order valence-electron chi connectivity index (χ3n) is 4.14. The molecular weight excluding hydrogens is 366 g/mol. The Labute approximate surface area is 166 Å². The van der Waals surface area contributed by atoms with Gasteiger partial charge in [0.05, 0.1) is 7.11 Å². The summed E-state index contributed by atoms with van der Waals surface area (Å²) in [5.74, 6) is 0.184. The van der Waals surface area contributed by atoms with Gasteiger partial charge < -0.3 is 21.9 Å². The Hall–Kier alpha value is -2.40. The number of carbonyl (C=O) groups excluding carboxylic acids is 2. The van der Waals surface area contributed by atoms with E-state index < -0.39 is 5.97 Å². The van der Waals surface area contributed by atoms with Gasteiger partial charge in [0, 0.05) is 18.1 Å². The molecule has 1 aromatic carbocycles. The summed E-state index contributed by atoms with van der Waals surface area (Å²) >= 11 is 0. The van der Waals surface area contributed by atoms with Crippen molar-refractivity contribution in [2.75, 3.05) is 7.11 Å². The molecule has 0 amide bonds. The fourth-order valence-corrected chi connectivity index (χ4v) is 2.68. The van der Waals surface area contributed by atoms with Gasteiger partial charge >= 0.3 is 5.97 Å². The number of esters is 1. The van der Waals surface area contributed by atoms with Crippen LogP contribution in [0, 0.1) is 0 Å². The summed E-state index contributed by atoms with van der Waals surface area (Å²) in [6.45, 7) is 3.08. The molecule has 0 aliphatic rings. The van der Waals surface area contributed by atoms with Gasteiger partial charge in [-0.05, 0) is 30.7 Å². The van der Waals surface area contributed by atoms with Gasteiger partial charge in [0.1, 0.15) is 18.4 Å². The molecule has 0 aliphatic heterocycles. The average molecular weight is 392 g/mol. The number of aldehydes is 1. The number of rotatable bonds is 10. The molecule has 1 heterocycles. The van der Waals surface area contributed by atoms with Crippen LogP contribution in [-0.2, 0) is 6.54 Å². The first kappa shape index (κ1) is 22.6. The lowest BCUT2D eigenvalue weighted by molar-refractivity contribution is -0.697. The first-order valence-corrected chi connectivity index (χ1v) is 9.02. The van der Waals surface area contributed by atoms with Crippen LogP contribution in [0.3, 0.4) is 0 Å². The predicted molar refractivity (Wildman–Crippen MR) is 98.7 cm³/mol. The van der Waals surface area contributed by atoms with Crippen molar-refractivity contribution in [1.29, 1.82) is 0 Å². The normalized spacial score (nSPS) is 10.0. The highest BCUT2D eigenvalue weighted by Gasteiger charge is 2.16. The number of benzene rings is 1. The van der Waals surface area contributed by atoms with Crippen molar-refractivity contribution in [3.8, 4) is 11.5 Å². The first-order chi connectivity index (χ1) is 12.7. The second kappa shape index (κ2) is 12.1. The van der Waals surface area contributed by atoms with Crippen LogP contribution in [0.5, 0.6) is 11.5 Å². The number of nitrogens with zero attached hydrogens (tertiary/aromatic N) is 1. The van der Waals surface area contributed by atoms with Crippen molar-refractivity contribution in [3.05, 3.63) is 53.9 Å². The number of aryl methyl sites for hydroxylation is 1. The number of methoxy groups -OCH3 is 1. The molecule has 6 heteroatoms. The van der Waals surface area contributed by atoms with Crippen molar-refractivity contribution >= 4 is 12.3 Å². The number of pyridine rings is 1. The first-order valence-electron chi connectivity index (χ1n) is 9.02. The minimum Gasteiger partial charge on any atom is -1.00 e. The van der Waals surface area contributed by atoms with Crippen LogP contribution in [0.25, 0.3) is 0 Å². The highest BCUT2D eigenvalue weighted by molar-refractivity contribution is 5.91. The zero-order chi connectivity index (χ0) is 18.8. The molecule has 146 valence electrons. The van der Waals surface area contributed by atoms with E-state index in [1.165, 1.54) is 38.9 Å². The lowest BCUT2D eigenvalue weighted by atomic mass is 10.1. The van der Waals surface area contributed by atoms with E-state index >= 15 is 0 Å². The molecule has 0 aliphatic carbocycles. The zero-order valence-electron chi connectivity index (χ0n) is 15.8. The maximum Gasteiger partial charge on any atom is 0.349 e. The number of carbonyl (C=O) groups is 2. The zero-order valence-corrected chi connectivity index (χ0v) is 16.6. The van der Waals surface area contributed by atoms with Gasteiger partial charge in [-0.15, -0.1) is 0 Å². The third kappa shape index (κ3) is 7.02. The van der Waals surface area contributed by atoms with Crippen molar-refractivity contribution in [3.63, 3.8) is 0 Å². The Bertz CT molecular complexity index is 749. The molecular formula is C21H26ClNO4. The summed E-state index contributed by atoms with van der Waals surface area (Å²) in [5.41, 5.74) is 0.935. The van der Waals surface area contributed by atoms with Gasteiger partial charge in [-0.1, -0.05) is 26.2 Å². The summed E-state index contributed by atoms with van der Waals surface area (Å²) in [7, 11) is 1.47. The molecule has 2 rings (SSSR count). The number of hydrogen-bond donors (Lipinski definition) is 0.